The Labute approximate surface area is 113 Å². The molecule has 1 heterocycles. The fraction of sp³-hybridized carbons (Fsp3) is 0.250. The zero-order valence-electron chi connectivity index (χ0n) is 9.92. The third-order valence-corrected chi connectivity index (χ3v) is 3.36. The summed E-state index contributed by atoms with van der Waals surface area (Å²) in [6.45, 7) is 1.66. The molecule has 1 N–H and O–H groups in total. The van der Waals surface area contributed by atoms with Crippen LogP contribution >= 0.6 is 15.9 Å². The first-order valence-corrected chi connectivity index (χ1v) is 6.04. The number of halogens is 1. The Morgan fingerprint density at radius 1 is 1.39 bits per heavy atom. The van der Waals surface area contributed by atoms with Crippen molar-refractivity contribution in [2.45, 2.75) is 12.5 Å². The second kappa shape index (κ2) is 4.52. The highest BCUT2D eigenvalue weighted by Gasteiger charge is 2.32. The fourth-order valence-corrected chi connectivity index (χ4v) is 2.57. The quantitative estimate of drug-likeness (QED) is 0.916. The average molecular weight is 307 g/mol. The molecule has 5 nitrogen and oxygen atoms in total. The summed E-state index contributed by atoms with van der Waals surface area (Å²) in [5, 5.41) is 27.1. The van der Waals surface area contributed by atoms with Crippen LogP contribution < -0.4 is 0 Å². The Hall–Kier alpha value is -1.71. The normalized spacial score (nSPS) is 13.9. The van der Waals surface area contributed by atoms with Crippen LogP contribution in [0.4, 0.5) is 0 Å². The van der Waals surface area contributed by atoms with Gasteiger partial charge >= 0.3 is 0 Å². The first-order chi connectivity index (χ1) is 8.46. The third kappa shape index (κ3) is 2.03. The molecule has 1 aromatic carbocycles. The van der Waals surface area contributed by atoms with Crippen molar-refractivity contribution in [3.63, 3.8) is 0 Å². The van der Waals surface area contributed by atoms with E-state index < -0.39 is 5.60 Å². The Balaban J connectivity index is 2.51. The largest absolute Gasteiger partial charge is 0.379 e. The van der Waals surface area contributed by atoms with Gasteiger partial charge in [-0.1, -0.05) is 17.3 Å². The van der Waals surface area contributed by atoms with Gasteiger partial charge in [-0.15, -0.1) is 5.10 Å². The predicted molar refractivity (Wildman–Crippen MR) is 68.5 cm³/mol. The van der Waals surface area contributed by atoms with Gasteiger partial charge in [0.05, 0.1) is 11.6 Å². The molecule has 0 aliphatic heterocycles. The van der Waals surface area contributed by atoms with E-state index in [1.165, 1.54) is 4.68 Å². The molecule has 1 aromatic heterocycles. The molecule has 92 valence electrons. The summed E-state index contributed by atoms with van der Waals surface area (Å²) in [6, 6.07) is 8.82. The summed E-state index contributed by atoms with van der Waals surface area (Å²) in [4.78, 5) is 0. The molecule has 0 amide bonds. The van der Waals surface area contributed by atoms with E-state index in [1.807, 2.05) is 6.07 Å². The standard InChI is InChI=1S/C12H11BrN4O/c1-12(18,10-11(13)15-16-17(10)2)9-5-3-8(7-14)4-6-9/h3-6,18H,1-2H3. The molecular weight excluding hydrogens is 296 g/mol. The Morgan fingerprint density at radius 3 is 2.44 bits per heavy atom. The van der Waals surface area contributed by atoms with Crippen molar-refractivity contribution in [1.29, 1.82) is 5.26 Å². The van der Waals surface area contributed by atoms with Crippen LogP contribution in [0.3, 0.4) is 0 Å². The van der Waals surface area contributed by atoms with E-state index in [4.69, 9.17) is 5.26 Å². The Morgan fingerprint density at radius 2 is 2.00 bits per heavy atom. The highest BCUT2D eigenvalue weighted by atomic mass is 79.9. The minimum Gasteiger partial charge on any atom is -0.379 e. The van der Waals surface area contributed by atoms with E-state index in [0.29, 0.717) is 21.4 Å². The number of aryl methyl sites for hydroxylation is 1. The van der Waals surface area contributed by atoms with Crippen molar-refractivity contribution in [3.05, 3.63) is 45.7 Å². The van der Waals surface area contributed by atoms with Crippen molar-refractivity contribution in [1.82, 2.24) is 15.0 Å². The lowest BCUT2D eigenvalue weighted by atomic mass is 9.92. The highest BCUT2D eigenvalue weighted by molar-refractivity contribution is 9.10. The van der Waals surface area contributed by atoms with Gasteiger partial charge < -0.3 is 5.11 Å². The molecule has 6 heteroatoms. The maximum Gasteiger partial charge on any atom is 0.154 e. The van der Waals surface area contributed by atoms with Crippen LogP contribution in [0.5, 0.6) is 0 Å². The van der Waals surface area contributed by atoms with E-state index in [1.54, 1.807) is 38.2 Å². The number of aliphatic hydroxyl groups is 1. The lowest BCUT2D eigenvalue weighted by Crippen LogP contribution is -2.26. The summed E-state index contributed by atoms with van der Waals surface area (Å²) in [6.07, 6.45) is 0. The van der Waals surface area contributed by atoms with Crippen molar-refractivity contribution in [3.8, 4) is 6.07 Å². The van der Waals surface area contributed by atoms with Gasteiger partial charge in [0, 0.05) is 7.05 Å². The average Bonchev–Trinajstić information content (AvgIpc) is 2.69. The van der Waals surface area contributed by atoms with Crippen LogP contribution in [0.1, 0.15) is 23.7 Å². The smallest absolute Gasteiger partial charge is 0.154 e. The molecule has 0 saturated heterocycles. The molecule has 1 atom stereocenters. The number of rotatable bonds is 2. The number of hydrogen-bond donors (Lipinski definition) is 1. The molecule has 0 aliphatic rings. The summed E-state index contributed by atoms with van der Waals surface area (Å²) in [5.41, 5.74) is 0.557. The number of hydrogen-bond acceptors (Lipinski definition) is 4. The van der Waals surface area contributed by atoms with Gasteiger partial charge in [0.1, 0.15) is 11.3 Å². The van der Waals surface area contributed by atoms with E-state index in [2.05, 4.69) is 26.2 Å². The zero-order valence-corrected chi connectivity index (χ0v) is 11.5. The fourth-order valence-electron chi connectivity index (χ4n) is 1.85. The number of nitrogens with zero attached hydrogens (tertiary/aromatic N) is 4. The van der Waals surface area contributed by atoms with Gasteiger partial charge in [-0.05, 0) is 40.5 Å². The minimum absolute atomic E-state index is 0.499. The zero-order chi connectivity index (χ0) is 13.3. The van der Waals surface area contributed by atoms with Crippen LogP contribution in [-0.2, 0) is 12.6 Å². The Bertz CT molecular complexity index is 590. The number of aromatic nitrogens is 3. The van der Waals surface area contributed by atoms with Gasteiger partial charge in [0.15, 0.2) is 4.60 Å². The van der Waals surface area contributed by atoms with Gasteiger partial charge in [-0.3, -0.25) is 0 Å². The van der Waals surface area contributed by atoms with Crippen molar-refractivity contribution >= 4 is 15.9 Å². The van der Waals surface area contributed by atoms with Gasteiger partial charge in [0.25, 0.3) is 0 Å². The second-order valence-corrected chi connectivity index (χ2v) is 4.86. The number of benzene rings is 1. The van der Waals surface area contributed by atoms with E-state index >= 15 is 0 Å². The van der Waals surface area contributed by atoms with Crippen LogP contribution in [0.25, 0.3) is 0 Å². The first kappa shape index (κ1) is 12.7. The molecule has 2 rings (SSSR count). The van der Waals surface area contributed by atoms with Crippen LogP contribution in [-0.4, -0.2) is 20.1 Å². The molecule has 0 bridgehead atoms. The molecule has 0 fully saturated rings. The van der Waals surface area contributed by atoms with Crippen molar-refractivity contribution in [2.24, 2.45) is 7.05 Å². The summed E-state index contributed by atoms with van der Waals surface area (Å²) in [5.74, 6) is 0. The molecule has 18 heavy (non-hydrogen) atoms. The van der Waals surface area contributed by atoms with Crippen molar-refractivity contribution < 1.29 is 5.11 Å². The Kier molecular flexibility index (Phi) is 3.20. The van der Waals surface area contributed by atoms with Crippen LogP contribution in [0, 0.1) is 11.3 Å². The van der Waals surface area contributed by atoms with Crippen LogP contribution in [0.15, 0.2) is 28.9 Å². The summed E-state index contributed by atoms with van der Waals surface area (Å²) >= 11 is 3.27. The topological polar surface area (TPSA) is 74.7 Å². The highest BCUT2D eigenvalue weighted by Crippen LogP contribution is 2.32. The van der Waals surface area contributed by atoms with Gasteiger partial charge in [-0.2, -0.15) is 5.26 Å². The molecule has 0 aliphatic carbocycles. The third-order valence-electron chi connectivity index (χ3n) is 2.82. The minimum atomic E-state index is -1.23. The predicted octanol–water partition coefficient (Wildman–Crippen LogP) is 1.71. The maximum absolute atomic E-state index is 10.7. The monoisotopic (exact) mass is 306 g/mol. The lowest BCUT2D eigenvalue weighted by molar-refractivity contribution is 0.0921. The van der Waals surface area contributed by atoms with E-state index in [9.17, 15) is 5.11 Å². The SMILES string of the molecule is Cn1nnc(Br)c1C(C)(O)c1ccc(C#N)cc1. The first-order valence-electron chi connectivity index (χ1n) is 5.25. The van der Waals surface area contributed by atoms with Crippen LogP contribution in [0.2, 0.25) is 0 Å². The second-order valence-electron chi connectivity index (χ2n) is 4.11. The number of nitriles is 1. The van der Waals surface area contributed by atoms with E-state index in [0.717, 1.165) is 0 Å². The molecule has 0 radical (unpaired) electrons. The molecule has 0 spiro atoms. The maximum atomic E-state index is 10.7. The van der Waals surface area contributed by atoms with E-state index in [-0.39, 0.29) is 0 Å². The summed E-state index contributed by atoms with van der Waals surface area (Å²) in [7, 11) is 1.71. The van der Waals surface area contributed by atoms with Crippen molar-refractivity contribution in [2.75, 3.05) is 0 Å². The summed E-state index contributed by atoms with van der Waals surface area (Å²) < 4.78 is 2.02. The molecule has 0 saturated carbocycles. The van der Waals surface area contributed by atoms with Gasteiger partial charge in [-0.25, -0.2) is 4.68 Å². The molecule has 2 aromatic rings. The molecule has 1 unspecified atom stereocenters. The van der Waals surface area contributed by atoms with Gasteiger partial charge in [0.2, 0.25) is 0 Å². The molecular formula is C12H11BrN4O. The lowest BCUT2D eigenvalue weighted by Gasteiger charge is -2.24.